The predicted octanol–water partition coefficient (Wildman–Crippen LogP) is 2.66. The lowest BCUT2D eigenvalue weighted by atomic mass is 9.83. The van der Waals surface area contributed by atoms with Gasteiger partial charge in [-0.1, -0.05) is 12.5 Å². The molecule has 0 radical (unpaired) electrons. The molecular formula is C12H14O3S. The largest absolute Gasteiger partial charge is 0.464 e. The van der Waals surface area contributed by atoms with Crippen molar-refractivity contribution >= 4 is 23.6 Å². The van der Waals surface area contributed by atoms with Gasteiger partial charge in [-0.05, 0) is 30.7 Å². The van der Waals surface area contributed by atoms with Crippen LogP contribution in [0.15, 0.2) is 17.5 Å². The maximum Gasteiger partial charge on any atom is 0.293 e. The van der Waals surface area contributed by atoms with Crippen molar-refractivity contribution in [3.63, 3.8) is 0 Å². The van der Waals surface area contributed by atoms with Crippen molar-refractivity contribution in [2.45, 2.75) is 31.8 Å². The quantitative estimate of drug-likeness (QED) is 0.598. The second-order valence-electron chi connectivity index (χ2n) is 4.00. The molecule has 0 aromatic carbocycles. The number of ketones is 1. The van der Waals surface area contributed by atoms with E-state index >= 15 is 0 Å². The third-order valence-electron chi connectivity index (χ3n) is 3.03. The molecule has 2 rings (SSSR count). The van der Waals surface area contributed by atoms with Crippen molar-refractivity contribution in [3.8, 4) is 0 Å². The summed E-state index contributed by atoms with van der Waals surface area (Å²) in [5, 5.41) is 1.89. The van der Waals surface area contributed by atoms with Crippen molar-refractivity contribution in [2.24, 2.45) is 5.92 Å². The molecular weight excluding hydrogens is 224 g/mol. The van der Waals surface area contributed by atoms with Crippen molar-refractivity contribution in [1.29, 1.82) is 0 Å². The predicted molar refractivity (Wildman–Crippen MR) is 61.5 cm³/mol. The summed E-state index contributed by atoms with van der Waals surface area (Å²) in [6.45, 7) is 0.463. The molecule has 2 atom stereocenters. The molecule has 1 aliphatic carbocycles. The molecule has 0 spiro atoms. The fourth-order valence-corrected chi connectivity index (χ4v) is 2.96. The Morgan fingerprint density at radius 3 is 2.94 bits per heavy atom. The highest BCUT2D eigenvalue weighted by Gasteiger charge is 2.33. The first-order valence-electron chi connectivity index (χ1n) is 5.49. The number of rotatable bonds is 4. The van der Waals surface area contributed by atoms with Gasteiger partial charge in [0.2, 0.25) is 0 Å². The standard InChI is InChI=1S/C12H14O3S/c13-8-15-10-5-2-1-4-9(10)12(14)11-6-3-7-16-11/h3,6-10H,1-2,4-5H2. The van der Waals surface area contributed by atoms with E-state index in [1.54, 1.807) is 0 Å². The molecule has 1 fully saturated rings. The minimum atomic E-state index is -0.221. The summed E-state index contributed by atoms with van der Waals surface area (Å²) in [4.78, 5) is 23.3. The molecule has 1 aliphatic rings. The fraction of sp³-hybridized carbons (Fsp3) is 0.500. The van der Waals surface area contributed by atoms with Crippen LogP contribution in [-0.2, 0) is 9.53 Å². The lowest BCUT2D eigenvalue weighted by molar-refractivity contribution is -0.136. The van der Waals surface area contributed by atoms with E-state index in [4.69, 9.17) is 4.74 Å². The molecule has 1 heterocycles. The molecule has 0 N–H and O–H groups in total. The smallest absolute Gasteiger partial charge is 0.293 e. The number of hydrogen-bond donors (Lipinski definition) is 0. The lowest BCUT2D eigenvalue weighted by Gasteiger charge is -2.28. The molecule has 4 heteroatoms. The van der Waals surface area contributed by atoms with Crippen LogP contribution in [0.4, 0.5) is 0 Å². The third kappa shape index (κ3) is 2.32. The van der Waals surface area contributed by atoms with Gasteiger partial charge in [0.15, 0.2) is 5.78 Å². The summed E-state index contributed by atoms with van der Waals surface area (Å²) < 4.78 is 5.02. The van der Waals surface area contributed by atoms with Gasteiger partial charge >= 0.3 is 0 Å². The average molecular weight is 238 g/mol. The summed E-state index contributed by atoms with van der Waals surface area (Å²) in [7, 11) is 0. The highest BCUT2D eigenvalue weighted by Crippen LogP contribution is 2.30. The van der Waals surface area contributed by atoms with E-state index in [1.807, 2.05) is 17.5 Å². The van der Waals surface area contributed by atoms with Gasteiger partial charge in [0.1, 0.15) is 6.10 Å². The van der Waals surface area contributed by atoms with E-state index in [9.17, 15) is 9.59 Å². The van der Waals surface area contributed by atoms with Crippen molar-refractivity contribution in [1.82, 2.24) is 0 Å². The molecule has 1 saturated carbocycles. The Hall–Kier alpha value is -1.16. The molecule has 0 bridgehead atoms. The van der Waals surface area contributed by atoms with Crippen molar-refractivity contribution < 1.29 is 14.3 Å². The van der Waals surface area contributed by atoms with Crippen molar-refractivity contribution in [3.05, 3.63) is 22.4 Å². The van der Waals surface area contributed by atoms with Crippen molar-refractivity contribution in [2.75, 3.05) is 0 Å². The monoisotopic (exact) mass is 238 g/mol. The van der Waals surface area contributed by atoms with Gasteiger partial charge in [-0.25, -0.2) is 0 Å². The molecule has 0 aliphatic heterocycles. The van der Waals surface area contributed by atoms with Gasteiger partial charge < -0.3 is 4.74 Å². The molecule has 1 aromatic heterocycles. The zero-order valence-corrected chi connectivity index (χ0v) is 9.74. The Balaban J connectivity index is 2.10. The maximum atomic E-state index is 12.2. The van der Waals surface area contributed by atoms with Crippen LogP contribution in [0.25, 0.3) is 0 Å². The van der Waals surface area contributed by atoms with Crippen LogP contribution in [-0.4, -0.2) is 18.4 Å². The fourth-order valence-electron chi connectivity index (χ4n) is 2.23. The number of ether oxygens (including phenoxy) is 1. The molecule has 2 unspecified atom stereocenters. The van der Waals surface area contributed by atoms with Gasteiger partial charge in [0, 0.05) is 0 Å². The third-order valence-corrected chi connectivity index (χ3v) is 3.92. The second kappa shape index (κ2) is 5.25. The van der Waals surface area contributed by atoms with Gasteiger partial charge in [-0.15, -0.1) is 11.3 Å². The number of thiophene rings is 1. The van der Waals surface area contributed by atoms with Crippen LogP contribution in [0.3, 0.4) is 0 Å². The van der Waals surface area contributed by atoms with Crippen LogP contribution < -0.4 is 0 Å². The number of carbonyl (C=O) groups excluding carboxylic acids is 2. The van der Waals surface area contributed by atoms with Crippen LogP contribution in [0.1, 0.15) is 35.4 Å². The summed E-state index contributed by atoms with van der Waals surface area (Å²) in [6, 6.07) is 3.70. The van der Waals surface area contributed by atoms with E-state index < -0.39 is 0 Å². The molecule has 0 saturated heterocycles. The normalized spacial score (nSPS) is 25.0. The van der Waals surface area contributed by atoms with E-state index in [-0.39, 0.29) is 17.8 Å². The van der Waals surface area contributed by atoms with Gasteiger partial charge in [-0.2, -0.15) is 0 Å². The Bertz CT molecular complexity index is 358. The molecule has 1 aromatic rings. The molecule has 86 valence electrons. The van der Waals surface area contributed by atoms with E-state index in [1.165, 1.54) is 11.3 Å². The topological polar surface area (TPSA) is 43.4 Å². The maximum absolute atomic E-state index is 12.2. The Morgan fingerprint density at radius 2 is 2.25 bits per heavy atom. The van der Waals surface area contributed by atoms with E-state index in [0.717, 1.165) is 30.6 Å². The molecule has 3 nitrogen and oxygen atoms in total. The summed E-state index contributed by atoms with van der Waals surface area (Å²) in [6.07, 6.45) is 3.49. The first-order chi connectivity index (χ1) is 7.83. The van der Waals surface area contributed by atoms with Crippen LogP contribution in [0.5, 0.6) is 0 Å². The Kier molecular flexibility index (Phi) is 3.72. The summed E-state index contributed by atoms with van der Waals surface area (Å²) >= 11 is 1.45. The number of Topliss-reactive ketones (excluding diaryl/α,β-unsaturated/α-hetero) is 1. The van der Waals surface area contributed by atoms with Gasteiger partial charge in [0.25, 0.3) is 6.47 Å². The zero-order chi connectivity index (χ0) is 11.4. The first-order valence-corrected chi connectivity index (χ1v) is 6.37. The van der Waals surface area contributed by atoms with Crippen LogP contribution in [0.2, 0.25) is 0 Å². The Labute approximate surface area is 98.4 Å². The summed E-state index contributed by atoms with van der Waals surface area (Å²) in [5.41, 5.74) is 0. The van der Waals surface area contributed by atoms with E-state index in [2.05, 4.69) is 0 Å². The minimum Gasteiger partial charge on any atom is -0.464 e. The average Bonchev–Trinajstić information content (AvgIpc) is 2.83. The second-order valence-corrected chi connectivity index (χ2v) is 4.95. The van der Waals surface area contributed by atoms with Crippen LogP contribution >= 0.6 is 11.3 Å². The van der Waals surface area contributed by atoms with Gasteiger partial charge in [-0.3, -0.25) is 9.59 Å². The zero-order valence-electron chi connectivity index (χ0n) is 8.93. The SMILES string of the molecule is O=COC1CCCCC1C(=O)c1cccs1. The lowest BCUT2D eigenvalue weighted by Crippen LogP contribution is -2.33. The number of hydrogen-bond acceptors (Lipinski definition) is 4. The summed E-state index contributed by atoms with van der Waals surface area (Å²) in [5.74, 6) is -0.0147. The van der Waals surface area contributed by atoms with Crippen LogP contribution in [0, 0.1) is 5.92 Å². The minimum absolute atomic E-state index is 0.126. The molecule has 16 heavy (non-hydrogen) atoms. The molecule has 0 amide bonds. The van der Waals surface area contributed by atoms with Gasteiger partial charge in [0.05, 0.1) is 10.8 Å². The van der Waals surface area contributed by atoms with E-state index in [0.29, 0.717) is 6.47 Å². The highest BCUT2D eigenvalue weighted by atomic mass is 32.1. The highest BCUT2D eigenvalue weighted by molar-refractivity contribution is 7.12. The first kappa shape index (κ1) is 11.3. The number of carbonyl (C=O) groups is 2. The Morgan fingerprint density at radius 1 is 1.44 bits per heavy atom.